The first-order chi connectivity index (χ1) is 12.6. The van der Waals surface area contributed by atoms with Crippen molar-refractivity contribution in [3.63, 3.8) is 0 Å². The lowest BCUT2D eigenvalue weighted by Gasteiger charge is -2.10. The highest BCUT2D eigenvalue weighted by Crippen LogP contribution is 2.30. The Kier molecular flexibility index (Phi) is 7.96. The van der Waals surface area contributed by atoms with Gasteiger partial charge < -0.3 is 14.8 Å². The van der Waals surface area contributed by atoms with Crippen LogP contribution < -0.4 is 10.1 Å². The average molecular weight is 376 g/mol. The fraction of sp³-hybridized carbons (Fsp3) is 0.300. The second-order valence-corrected chi connectivity index (χ2v) is 6.09. The van der Waals surface area contributed by atoms with Crippen LogP contribution in [0, 0.1) is 0 Å². The minimum absolute atomic E-state index is 0.110. The Morgan fingerprint density at radius 3 is 2.50 bits per heavy atom. The van der Waals surface area contributed by atoms with E-state index in [0.717, 1.165) is 11.1 Å². The lowest BCUT2D eigenvalue weighted by molar-refractivity contribution is -0.140. The molecule has 26 heavy (non-hydrogen) atoms. The Hall–Kier alpha value is -2.53. The number of ether oxygens (including phenoxy) is 2. The summed E-state index contributed by atoms with van der Waals surface area (Å²) in [6.45, 7) is 0.376. The van der Waals surface area contributed by atoms with Gasteiger partial charge in [0.15, 0.2) is 6.61 Å². The molecular weight excluding hydrogens is 354 g/mol. The highest BCUT2D eigenvalue weighted by atomic mass is 35.5. The van der Waals surface area contributed by atoms with Crippen LogP contribution in [-0.4, -0.2) is 32.1 Å². The first kappa shape index (κ1) is 19.8. The Morgan fingerprint density at radius 2 is 1.81 bits per heavy atom. The van der Waals surface area contributed by atoms with Crippen molar-refractivity contribution in [3.8, 4) is 16.9 Å². The molecule has 0 bridgehead atoms. The van der Waals surface area contributed by atoms with E-state index in [4.69, 9.17) is 16.3 Å². The summed E-state index contributed by atoms with van der Waals surface area (Å²) in [5.74, 6) is -0.00767. The van der Waals surface area contributed by atoms with Gasteiger partial charge in [0.25, 0.3) is 5.91 Å². The minimum Gasteiger partial charge on any atom is -0.482 e. The van der Waals surface area contributed by atoms with Gasteiger partial charge in [0.05, 0.1) is 12.1 Å². The molecule has 5 nitrogen and oxygen atoms in total. The van der Waals surface area contributed by atoms with Crippen molar-refractivity contribution < 1.29 is 19.1 Å². The van der Waals surface area contributed by atoms with Crippen LogP contribution in [0.2, 0.25) is 5.02 Å². The van der Waals surface area contributed by atoms with E-state index in [0.29, 0.717) is 36.6 Å². The topological polar surface area (TPSA) is 64.6 Å². The van der Waals surface area contributed by atoms with E-state index in [-0.39, 0.29) is 18.5 Å². The summed E-state index contributed by atoms with van der Waals surface area (Å²) in [6.07, 6.45) is 1.72. The molecule has 2 rings (SSSR count). The smallest absolute Gasteiger partial charge is 0.305 e. The van der Waals surface area contributed by atoms with E-state index in [2.05, 4.69) is 10.1 Å². The molecule has 2 aromatic carbocycles. The number of nitrogens with one attached hydrogen (secondary N) is 1. The molecule has 0 radical (unpaired) electrons. The number of benzene rings is 2. The molecule has 0 saturated carbocycles. The van der Waals surface area contributed by atoms with E-state index >= 15 is 0 Å². The normalized spacial score (nSPS) is 10.2. The number of carbonyl (C=O) groups is 2. The maximum Gasteiger partial charge on any atom is 0.305 e. The second kappa shape index (κ2) is 10.5. The third kappa shape index (κ3) is 6.41. The van der Waals surface area contributed by atoms with Gasteiger partial charge in [0.1, 0.15) is 5.75 Å². The monoisotopic (exact) mass is 375 g/mol. The summed E-state index contributed by atoms with van der Waals surface area (Å²) in [7, 11) is 1.36. The van der Waals surface area contributed by atoms with E-state index in [1.54, 1.807) is 6.07 Å². The number of carbonyl (C=O) groups excluding carboxylic acids is 2. The molecule has 0 heterocycles. The minimum atomic E-state index is -0.242. The van der Waals surface area contributed by atoms with Gasteiger partial charge in [-0.2, -0.15) is 0 Å². The van der Waals surface area contributed by atoms with Gasteiger partial charge in [-0.3, -0.25) is 9.59 Å². The Balaban J connectivity index is 1.75. The van der Waals surface area contributed by atoms with Crippen LogP contribution in [0.4, 0.5) is 0 Å². The van der Waals surface area contributed by atoms with Crippen molar-refractivity contribution in [1.82, 2.24) is 5.32 Å². The quantitative estimate of drug-likeness (QED) is 0.534. The van der Waals surface area contributed by atoms with Crippen molar-refractivity contribution >= 4 is 23.5 Å². The summed E-state index contributed by atoms with van der Waals surface area (Å²) < 4.78 is 10.0. The molecule has 0 aromatic heterocycles. The average Bonchev–Trinajstić information content (AvgIpc) is 2.67. The summed E-state index contributed by atoms with van der Waals surface area (Å²) in [5.41, 5.74) is 2.05. The number of methoxy groups -OCH3 is 1. The molecule has 0 unspecified atom stereocenters. The molecule has 1 N–H and O–H groups in total. The number of hydrogen-bond acceptors (Lipinski definition) is 4. The van der Waals surface area contributed by atoms with Crippen LogP contribution >= 0.6 is 11.6 Å². The molecule has 2 aromatic rings. The molecule has 138 valence electrons. The molecule has 1 amide bonds. The third-order valence-corrected chi connectivity index (χ3v) is 4.05. The molecule has 6 heteroatoms. The highest BCUT2D eigenvalue weighted by molar-refractivity contribution is 6.32. The van der Waals surface area contributed by atoms with Gasteiger partial charge in [0, 0.05) is 13.0 Å². The van der Waals surface area contributed by atoms with Crippen molar-refractivity contribution in [1.29, 1.82) is 0 Å². The number of rotatable bonds is 9. The molecule has 0 aliphatic rings. The number of unbranched alkanes of at least 4 members (excludes halogenated alkanes) is 1. The molecule has 0 aliphatic heterocycles. The van der Waals surface area contributed by atoms with Crippen LogP contribution in [0.3, 0.4) is 0 Å². The van der Waals surface area contributed by atoms with Crippen LogP contribution in [0.5, 0.6) is 5.75 Å². The number of halogens is 1. The second-order valence-electron chi connectivity index (χ2n) is 5.68. The Bertz CT molecular complexity index is 734. The van der Waals surface area contributed by atoms with Gasteiger partial charge in [-0.05, 0) is 36.1 Å². The van der Waals surface area contributed by atoms with Gasteiger partial charge in [-0.15, -0.1) is 0 Å². The van der Waals surface area contributed by atoms with Gasteiger partial charge >= 0.3 is 5.97 Å². The van der Waals surface area contributed by atoms with Crippen molar-refractivity contribution in [2.75, 3.05) is 20.3 Å². The fourth-order valence-corrected chi connectivity index (χ4v) is 2.58. The van der Waals surface area contributed by atoms with Gasteiger partial charge in [0.2, 0.25) is 0 Å². The summed E-state index contributed by atoms with van der Waals surface area (Å²) in [6, 6.07) is 15.4. The standard InChI is InChI=1S/C20H22ClNO4/c1-25-20(24)9-5-6-12-22-19(23)14-26-18-11-10-16(13-17(18)21)15-7-3-2-4-8-15/h2-4,7-8,10-11,13H,5-6,9,12,14H2,1H3,(H,22,23). The predicted octanol–water partition coefficient (Wildman–Crippen LogP) is 3.85. The summed E-state index contributed by atoms with van der Waals surface area (Å²) in [5, 5.41) is 3.20. The van der Waals surface area contributed by atoms with Crippen LogP contribution in [0.15, 0.2) is 48.5 Å². The van der Waals surface area contributed by atoms with E-state index in [9.17, 15) is 9.59 Å². The molecule has 0 atom stereocenters. The zero-order valence-corrected chi connectivity index (χ0v) is 15.4. The summed E-state index contributed by atoms with van der Waals surface area (Å²) in [4.78, 5) is 22.8. The summed E-state index contributed by atoms with van der Waals surface area (Å²) >= 11 is 6.25. The van der Waals surface area contributed by atoms with Crippen LogP contribution in [-0.2, 0) is 14.3 Å². The number of hydrogen-bond donors (Lipinski definition) is 1. The predicted molar refractivity (Wildman–Crippen MR) is 101 cm³/mol. The number of amides is 1. The third-order valence-electron chi connectivity index (χ3n) is 3.76. The molecular formula is C20H22ClNO4. The SMILES string of the molecule is COC(=O)CCCCNC(=O)COc1ccc(-c2ccccc2)cc1Cl. The zero-order valence-electron chi connectivity index (χ0n) is 14.7. The maximum absolute atomic E-state index is 11.8. The first-order valence-electron chi connectivity index (χ1n) is 8.41. The zero-order chi connectivity index (χ0) is 18.8. The fourth-order valence-electron chi connectivity index (χ4n) is 2.35. The van der Waals surface area contributed by atoms with E-state index in [1.165, 1.54) is 7.11 Å². The van der Waals surface area contributed by atoms with E-state index in [1.807, 2.05) is 42.5 Å². The van der Waals surface area contributed by atoms with Crippen molar-refractivity contribution in [2.24, 2.45) is 0 Å². The molecule has 0 saturated heterocycles. The lowest BCUT2D eigenvalue weighted by atomic mass is 10.1. The molecule has 0 aliphatic carbocycles. The number of esters is 1. The van der Waals surface area contributed by atoms with Crippen LogP contribution in [0.25, 0.3) is 11.1 Å². The highest BCUT2D eigenvalue weighted by Gasteiger charge is 2.08. The lowest BCUT2D eigenvalue weighted by Crippen LogP contribution is -2.29. The van der Waals surface area contributed by atoms with Gasteiger partial charge in [-0.1, -0.05) is 48.0 Å². The Labute approximate surface area is 158 Å². The van der Waals surface area contributed by atoms with E-state index < -0.39 is 0 Å². The molecule has 0 spiro atoms. The Morgan fingerprint density at radius 1 is 1.04 bits per heavy atom. The molecule has 0 fully saturated rings. The van der Waals surface area contributed by atoms with Crippen LogP contribution in [0.1, 0.15) is 19.3 Å². The maximum atomic E-state index is 11.8. The van der Waals surface area contributed by atoms with Crippen molar-refractivity contribution in [3.05, 3.63) is 53.6 Å². The first-order valence-corrected chi connectivity index (χ1v) is 8.79. The largest absolute Gasteiger partial charge is 0.482 e. The van der Waals surface area contributed by atoms with Gasteiger partial charge in [-0.25, -0.2) is 0 Å². The van der Waals surface area contributed by atoms with Crippen molar-refractivity contribution in [2.45, 2.75) is 19.3 Å².